The van der Waals surface area contributed by atoms with Crippen molar-refractivity contribution in [2.75, 3.05) is 19.6 Å². The summed E-state index contributed by atoms with van der Waals surface area (Å²) in [5, 5.41) is 6.25. The summed E-state index contributed by atoms with van der Waals surface area (Å²) in [5.41, 5.74) is 1.40. The predicted octanol–water partition coefficient (Wildman–Crippen LogP) is 1.43. The van der Waals surface area contributed by atoms with Crippen LogP contribution in [0.1, 0.15) is 25.0 Å². The van der Waals surface area contributed by atoms with E-state index in [9.17, 15) is 9.18 Å². The number of carbonyl (C=O) groups is 1. The number of aryl methyl sites for hydroxylation is 1. The number of benzene rings is 1. The van der Waals surface area contributed by atoms with E-state index in [-0.39, 0.29) is 11.7 Å². The van der Waals surface area contributed by atoms with E-state index in [4.69, 9.17) is 0 Å². The quantitative estimate of drug-likeness (QED) is 0.883. The van der Waals surface area contributed by atoms with Gasteiger partial charge in [0.25, 0.3) is 0 Å². The molecule has 0 bridgehead atoms. The fraction of sp³-hybridized carbons (Fsp3) is 0.562. The Kier molecular flexibility index (Phi) is 5.31. The van der Waals surface area contributed by atoms with E-state index in [0.717, 1.165) is 18.7 Å². The van der Waals surface area contributed by atoms with E-state index in [2.05, 4.69) is 29.4 Å². The fourth-order valence-corrected chi connectivity index (χ4v) is 2.50. The van der Waals surface area contributed by atoms with Crippen molar-refractivity contribution in [3.05, 3.63) is 35.1 Å². The Bertz CT molecular complexity index is 506. The Morgan fingerprint density at radius 2 is 2.24 bits per heavy atom. The molecule has 116 valence electrons. The van der Waals surface area contributed by atoms with Gasteiger partial charge in [-0.2, -0.15) is 0 Å². The minimum absolute atomic E-state index is 0.0167. The zero-order valence-corrected chi connectivity index (χ0v) is 12.9. The highest BCUT2D eigenvalue weighted by Crippen LogP contribution is 2.09. The Morgan fingerprint density at radius 1 is 1.48 bits per heavy atom. The van der Waals surface area contributed by atoms with Crippen molar-refractivity contribution in [3.63, 3.8) is 0 Å². The smallest absolute Gasteiger partial charge is 0.234 e. The molecule has 0 saturated carbocycles. The molecule has 1 heterocycles. The number of hydrogen-bond donors (Lipinski definition) is 2. The van der Waals surface area contributed by atoms with Crippen molar-refractivity contribution in [2.24, 2.45) is 0 Å². The van der Waals surface area contributed by atoms with Gasteiger partial charge < -0.3 is 10.6 Å². The number of piperazine rings is 1. The Hall–Kier alpha value is -1.46. The number of carbonyl (C=O) groups excluding carboxylic acids is 1. The first-order valence-electron chi connectivity index (χ1n) is 7.45. The Labute approximate surface area is 125 Å². The van der Waals surface area contributed by atoms with Crippen LogP contribution in [0.15, 0.2) is 18.2 Å². The molecule has 5 heteroatoms. The standard InChI is InChI=1S/C16H24FN3O/c1-11-4-5-14(6-15(11)17)8-19-16(21)10-20-9-12(2)18-7-13(20)3/h4-6,12-13,18H,7-10H2,1-3H3,(H,19,21). The van der Waals surface area contributed by atoms with Gasteiger partial charge in [0.2, 0.25) is 5.91 Å². The molecule has 1 aliphatic rings. The summed E-state index contributed by atoms with van der Waals surface area (Å²) in [6, 6.07) is 5.81. The van der Waals surface area contributed by atoms with Crippen LogP contribution >= 0.6 is 0 Å². The summed E-state index contributed by atoms with van der Waals surface area (Å²) < 4.78 is 13.4. The number of hydrogen-bond acceptors (Lipinski definition) is 3. The molecule has 2 rings (SSSR count). The lowest BCUT2D eigenvalue weighted by Crippen LogP contribution is -2.56. The second-order valence-corrected chi connectivity index (χ2v) is 5.95. The summed E-state index contributed by atoms with van der Waals surface area (Å²) in [4.78, 5) is 14.2. The zero-order valence-electron chi connectivity index (χ0n) is 12.9. The molecule has 1 amide bonds. The number of rotatable bonds is 4. The van der Waals surface area contributed by atoms with Crippen LogP contribution < -0.4 is 10.6 Å². The van der Waals surface area contributed by atoms with Gasteiger partial charge in [-0.3, -0.25) is 9.69 Å². The highest BCUT2D eigenvalue weighted by molar-refractivity contribution is 5.78. The molecule has 2 atom stereocenters. The lowest BCUT2D eigenvalue weighted by Gasteiger charge is -2.36. The van der Waals surface area contributed by atoms with E-state index < -0.39 is 0 Å². The summed E-state index contributed by atoms with van der Waals surface area (Å²) in [5.74, 6) is -0.247. The van der Waals surface area contributed by atoms with E-state index in [0.29, 0.717) is 30.7 Å². The topological polar surface area (TPSA) is 44.4 Å². The third-order valence-electron chi connectivity index (χ3n) is 3.97. The first-order chi connectivity index (χ1) is 9.95. The van der Waals surface area contributed by atoms with Gasteiger partial charge in [0, 0.05) is 31.7 Å². The van der Waals surface area contributed by atoms with Gasteiger partial charge >= 0.3 is 0 Å². The first-order valence-corrected chi connectivity index (χ1v) is 7.45. The van der Waals surface area contributed by atoms with Crippen LogP contribution in [0.3, 0.4) is 0 Å². The second-order valence-electron chi connectivity index (χ2n) is 5.95. The highest BCUT2D eigenvalue weighted by Gasteiger charge is 2.23. The van der Waals surface area contributed by atoms with Gasteiger partial charge in [-0.25, -0.2) is 4.39 Å². The lowest BCUT2D eigenvalue weighted by molar-refractivity contribution is -0.123. The average molecular weight is 293 g/mol. The third-order valence-corrected chi connectivity index (χ3v) is 3.97. The maximum atomic E-state index is 13.4. The van der Waals surface area contributed by atoms with Crippen molar-refractivity contribution in [3.8, 4) is 0 Å². The molecule has 2 N–H and O–H groups in total. The van der Waals surface area contributed by atoms with Gasteiger partial charge in [0.15, 0.2) is 0 Å². The van der Waals surface area contributed by atoms with Gasteiger partial charge in [0.1, 0.15) is 5.82 Å². The molecule has 1 aromatic rings. The van der Waals surface area contributed by atoms with Crippen molar-refractivity contribution < 1.29 is 9.18 Å². The number of amides is 1. The third kappa shape index (κ3) is 4.51. The van der Waals surface area contributed by atoms with Gasteiger partial charge in [0.05, 0.1) is 6.54 Å². The maximum Gasteiger partial charge on any atom is 0.234 e. The molecule has 2 unspecified atom stereocenters. The minimum atomic E-state index is -0.230. The van der Waals surface area contributed by atoms with Crippen LogP contribution in [0.4, 0.5) is 4.39 Å². The van der Waals surface area contributed by atoms with Crippen LogP contribution in [0, 0.1) is 12.7 Å². The number of nitrogens with zero attached hydrogens (tertiary/aromatic N) is 1. The predicted molar refractivity (Wildman–Crippen MR) is 81.5 cm³/mol. The first kappa shape index (κ1) is 15.9. The van der Waals surface area contributed by atoms with Crippen LogP contribution in [0.25, 0.3) is 0 Å². The zero-order chi connectivity index (χ0) is 15.4. The molecule has 21 heavy (non-hydrogen) atoms. The van der Waals surface area contributed by atoms with E-state index in [1.54, 1.807) is 13.0 Å². The Balaban J connectivity index is 1.82. The fourth-order valence-electron chi connectivity index (χ4n) is 2.50. The molecular weight excluding hydrogens is 269 g/mol. The van der Waals surface area contributed by atoms with Gasteiger partial charge in [-0.1, -0.05) is 12.1 Å². The summed E-state index contributed by atoms with van der Waals surface area (Å²) >= 11 is 0. The van der Waals surface area contributed by atoms with E-state index in [1.165, 1.54) is 6.07 Å². The summed E-state index contributed by atoms with van der Waals surface area (Å²) in [6.07, 6.45) is 0. The number of nitrogens with one attached hydrogen (secondary N) is 2. The van der Waals surface area contributed by atoms with Crippen molar-refractivity contribution in [1.82, 2.24) is 15.5 Å². The van der Waals surface area contributed by atoms with E-state index in [1.807, 2.05) is 6.07 Å². The molecule has 0 spiro atoms. The summed E-state index contributed by atoms with van der Waals surface area (Å²) in [6.45, 7) is 8.48. The van der Waals surface area contributed by atoms with Crippen molar-refractivity contribution in [2.45, 2.75) is 39.4 Å². The molecule has 4 nitrogen and oxygen atoms in total. The molecule has 1 aliphatic heterocycles. The molecule has 1 saturated heterocycles. The maximum absolute atomic E-state index is 13.4. The Morgan fingerprint density at radius 3 is 2.95 bits per heavy atom. The molecule has 1 fully saturated rings. The number of halogens is 1. The monoisotopic (exact) mass is 293 g/mol. The van der Waals surface area contributed by atoms with Gasteiger partial charge in [-0.05, 0) is 38.0 Å². The highest BCUT2D eigenvalue weighted by atomic mass is 19.1. The van der Waals surface area contributed by atoms with Crippen molar-refractivity contribution in [1.29, 1.82) is 0 Å². The SMILES string of the molecule is Cc1ccc(CNC(=O)CN2CC(C)NCC2C)cc1F. The molecular formula is C16H24FN3O. The molecule has 1 aromatic carbocycles. The molecule has 0 aromatic heterocycles. The van der Waals surface area contributed by atoms with Crippen LogP contribution in [0.2, 0.25) is 0 Å². The van der Waals surface area contributed by atoms with Crippen LogP contribution in [-0.2, 0) is 11.3 Å². The summed E-state index contributed by atoms with van der Waals surface area (Å²) in [7, 11) is 0. The second kappa shape index (κ2) is 7.00. The van der Waals surface area contributed by atoms with E-state index >= 15 is 0 Å². The van der Waals surface area contributed by atoms with Crippen LogP contribution in [-0.4, -0.2) is 42.5 Å². The van der Waals surface area contributed by atoms with Gasteiger partial charge in [-0.15, -0.1) is 0 Å². The average Bonchev–Trinajstić information content (AvgIpc) is 2.44. The van der Waals surface area contributed by atoms with Crippen LogP contribution in [0.5, 0.6) is 0 Å². The molecule has 0 radical (unpaired) electrons. The molecule has 0 aliphatic carbocycles. The minimum Gasteiger partial charge on any atom is -0.351 e. The largest absolute Gasteiger partial charge is 0.351 e. The normalized spacial score (nSPS) is 23.0. The lowest BCUT2D eigenvalue weighted by atomic mass is 10.1. The van der Waals surface area contributed by atoms with Crippen molar-refractivity contribution >= 4 is 5.91 Å².